The van der Waals surface area contributed by atoms with Gasteiger partial charge in [-0.3, -0.25) is 9.59 Å². The van der Waals surface area contributed by atoms with E-state index in [9.17, 15) is 24.6 Å². The lowest BCUT2D eigenvalue weighted by atomic mass is 9.45. The zero-order valence-electron chi connectivity index (χ0n) is 20.4. The summed E-state index contributed by atoms with van der Waals surface area (Å²) in [6.07, 6.45) is 4.52. The third-order valence-electron chi connectivity index (χ3n) is 9.72. The Morgan fingerprint density at radius 2 is 1.94 bits per heavy atom. The highest BCUT2D eigenvalue weighted by Gasteiger charge is 2.77. The minimum atomic E-state index is -1.62. The van der Waals surface area contributed by atoms with Crippen molar-refractivity contribution < 1.29 is 33.8 Å². The molecule has 0 amide bonds. The van der Waals surface area contributed by atoms with Crippen LogP contribution in [0, 0.1) is 28.6 Å². The van der Waals surface area contributed by atoms with Crippen molar-refractivity contribution in [1.82, 2.24) is 0 Å². The number of furan rings is 1. The summed E-state index contributed by atoms with van der Waals surface area (Å²) in [6, 6.07) is 3.02. The number of rotatable bonds is 4. The number of esters is 1. The van der Waals surface area contributed by atoms with Crippen LogP contribution in [0.3, 0.4) is 0 Å². The number of aliphatic hydroxyl groups excluding tert-OH is 2. The van der Waals surface area contributed by atoms with Crippen LogP contribution >= 0.6 is 23.2 Å². The number of allylic oxidation sites excluding steroid dienone is 3. The lowest BCUT2D eigenvalue weighted by molar-refractivity contribution is -0.180. The molecule has 9 atom stereocenters. The van der Waals surface area contributed by atoms with Gasteiger partial charge >= 0.3 is 5.97 Å². The van der Waals surface area contributed by atoms with Gasteiger partial charge in [-0.25, -0.2) is 4.79 Å². The summed E-state index contributed by atoms with van der Waals surface area (Å²) in [7, 11) is 0. The molecule has 3 fully saturated rings. The maximum absolute atomic E-state index is 13.6. The molecule has 0 unspecified atom stereocenters. The summed E-state index contributed by atoms with van der Waals surface area (Å²) in [6.45, 7) is 5.53. The number of carbonyl (C=O) groups is 3. The second kappa shape index (κ2) is 8.29. The van der Waals surface area contributed by atoms with Crippen molar-refractivity contribution in [2.45, 2.75) is 62.7 Å². The van der Waals surface area contributed by atoms with Crippen LogP contribution < -0.4 is 0 Å². The Hall–Kier alpha value is -1.93. The van der Waals surface area contributed by atoms with Crippen LogP contribution in [0.5, 0.6) is 0 Å². The van der Waals surface area contributed by atoms with Crippen molar-refractivity contribution >= 4 is 40.7 Å². The number of carbonyl (C=O) groups excluding carboxylic acids is 3. The second-order valence-corrected chi connectivity index (χ2v) is 12.1. The predicted molar refractivity (Wildman–Crippen MR) is 132 cm³/mol. The fraction of sp³-hybridized carbons (Fsp3) is 0.593. The van der Waals surface area contributed by atoms with E-state index in [0.717, 1.165) is 0 Å². The largest absolute Gasteiger partial charge is 0.457 e. The van der Waals surface area contributed by atoms with Crippen molar-refractivity contribution in [3.8, 4) is 0 Å². The molecule has 4 aliphatic rings. The first kappa shape index (κ1) is 25.7. The van der Waals surface area contributed by atoms with Crippen molar-refractivity contribution in [2.24, 2.45) is 28.6 Å². The maximum atomic E-state index is 13.6. The van der Waals surface area contributed by atoms with Crippen LogP contribution in [-0.4, -0.2) is 56.3 Å². The summed E-state index contributed by atoms with van der Waals surface area (Å²) in [4.78, 5) is 37.6. The number of fused-ring (bicyclic) bond motifs is 5. The van der Waals surface area contributed by atoms with Crippen molar-refractivity contribution in [2.75, 3.05) is 5.88 Å². The molecule has 7 nitrogen and oxygen atoms in total. The second-order valence-electron chi connectivity index (χ2n) is 11.2. The van der Waals surface area contributed by atoms with E-state index in [0.29, 0.717) is 12.0 Å². The van der Waals surface area contributed by atoms with Gasteiger partial charge in [-0.1, -0.05) is 26.8 Å². The first-order chi connectivity index (χ1) is 16.9. The van der Waals surface area contributed by atoms with E-state index in [1.54, 1.807) is 12.1 Å². The number of alkyl halides is 2. The number of ketones is 2. The van der Waals surface area contributed by atoms with E-state index in [4.69, 9.17) is 32.4 Å². The molecule has 0 bridgehead atoms. The third kappa shape index (κ3) is 3.03. The van der Waals surface area contributed by atoms with Gasteiger partial charge in [0.1, 0.15) is 0 Å². The van der Waals surface area contributed by atoms with Crippen LogP contribution in [0.25, 0.3) is 0 Å². The number of ether oxygens (including phenoxy) is 1. The van der Waals surface area contributed by atoms with E-state index < -0.39 is 57.1 Å². The molecule has 0 aromatic carbocycles. The molecule has 5 rings (SSSR count). The molecule has 0 radical (unpaired) electrons. The topological polar surface area (TPSA) is 114 Å². The number of halogens is 2. The predicted octanol–water partition coefficient (Wildman–Crippen LogP) is 3.84. The fourth-order valence-corrected chi connectivity index (χ4v) is 8.82. The summed E-state index contributed by atoms with van der Waals surface area (Å²) >= 11 is 13.5. The summed E-state index contributed by atoms with van der Waals surface area (Å²) in [5, 5.41) is 22.9. The normalized spacial score (nSPS) is 45.4. The standard InChI is InChI=1S/C27H30Cl2O7/c1-14-9-16-17-11-19(31)18-10-15(30)6-7-24(18,2)26(17,29)21(32)12-25(16,3)27(14,22(33)13-28)36-23(34)20-5-4-8-35-20/h4-8,10,14,16-17,19,21,31-32H,9,11-13H2,1-3H3/t14-,16-,17-,19+,21-,24-,25-,26-,27+/m0/s1. The van der Waals surface area contributed by atoms with Gasteiger partial charge in [-0.15, -0.1) is 23.2 Å². The average Bonchev–Trinajstić information content (AvgIpc) is 3.44. The minimum absolute atomic E-state index is 0.0357. The summed E-state index contributed by atoms with van der Waals surface area (Å²) in [5.41, 5.74) is -3.14. The Balaban J connectivity index is 1.64. The zero-order chi connectivity index (χ0) is 26.3. The Morgan fingerprint density at radius 1 is 1.22 bits per heavy atom. The molecule has 1 heterocycles. The molecular weight excluding hydrogens is 507 g/mol. The lowest BCUT2D eigenvalue weighted by Crippen LogP contribution is -2.70. The molecule has 0 spiro atoms. The van der Waals surface area contributed by atoms with E-state index in [1.165, 1.54) is 24.5 Å². The van der Waals surface area contributed by atoms with Gasteiger partial charge in [0.2, 0.25) is 5.76 Å². The molecule has 2 N–H and O–H groups in total. The molecule has 3 saturated carbocycles. The number of hydrogen-bond donors (Lipinski definition) is 2. The number of aliphatic hydroxyl groups is 2. The van der Waals surface area contributed by atoms with Crippen LogP contribution in [0.4, 0.5) is 0 Å². The quantitative estimate of drug-likeness (QED) is 0.443. The molecule has 0 aliphatic heterocycles. The highest BCUT2D eigenvalue weighted by Crippen LogP contribution is 2.72. The Labute approximate surface area is 219 Å². The highest BCUT2D eigenvalue weighted by atomic mass is 35.5. The van der Waals surface area contributed by atoms with E-state index in [-0.39, 0.29) is 36.2 Å². The third-order valence-corrected chi connectivity index (χ3v) is 10.9. The van der Waals surface area contributed by atoms with Gasteiger partial charge in [-0.05, 0) is 61.0 Å². The van der Waals surface area contributed by atoms with Crippen LogP contribution in [0.1, 0.15) is 50.6 Å². The van der Waals surface area contributed by atoms with E-state index in [2.05, 4.69) is 0 Å². The Morgan fingerprint density at radius 3 is 2.58 bits per heavy atom. The van der Waals surface area contributed by atoms with Crippen molar-refractivity contribution in [3.05, 3.63) is 48.0 Å². The SMILES string of the molecule is C[C@H]1C[C@H]2[C@@H]3C[C@@H](O)C4=CC(=O)C=C[C@]4(C)[C@@]3(Cl)[C@@H](O)C[C@]2(C)[C@]1(OC(=O)c1ccco1)C(=O)CCl. The van der Waals surface area contributed by atoms with Gasteiger partial charge in [0, 0.05) is 16.7 Å². The molecule has 0 saturated heterocycles. The van der Waals surface area contributed by atoms with Crippen molar-refractivity contribution in [1.29, 1.82) is 0 Å². The van der Waals surface area contributed by atoms with Gasteiger partial charge in [-0.2, -0.15) is 0 Å². The molecule has 9 heteroatoms. The molecule has 194 valence electrons. The summed E-state index contributed by atoms with van der Waals surface area (Å²) < 4.78 is 11.3. The van der Waals surface area contributed by atoms with Crippen molar-refractivity contribution in [3.63, 3.8) is 0 Å². The van der Waals surface area contributed by atoms with E-state index >= 15 is 0 Å². The highest BCUT2D eigenvalue weighted by molar-refractivity contribution is 6.29. The molecule has 36 heavy (non-hydrogen) atoms. The monoisotopic (exact) mass is 536 g/mol. The molecular formula is C27H30Cl2O7. The minimum Gasteiger partial charge on any atom is -0.457 e. The molecule has 1 aromatic rings. The average molecular weight is 537 g/mol. The fourth-order valence-electron chi connectivity index (χ4n) is 8.13. The van der Waals surface area contributed by atoms with Crippen LogP contribution in [0.15, 0.2) is 46.6 Å². The van der Waals surface area contributed by atoms with Crippen LogP contribution in [-0.2, 0) is 14.3 Å². The number of Topliss-reactive ketones (excluding diaryl/α,β-unsaturated/α-hetero) is 1. The molecule has 1 aromatic heterocycles. The first-order valence-electron chi connectivity index (χ1n) is 12.2. The zero-order valence-corrected chi connectivity index (χ0v) is 21.9. The summed E-state index contributed by atoms with van der Waals surface area (Å²) in [5.74, 6) is -3.03. The number of hydrogen-bond acceptors (Lipinski definition) is 7. The van der Waals surface area contributed by atoms with E-state index in [1.807, 2.05) is 20.8 Å². The maximum Gasteiger partial charge on any atom is 0.375 e. The van der Waals surface area contributed by atoms with Gasteiger partial charge in [0.05, 0.1) is 29.2 Å². The van der Waals surface area contributed by atoms with Gasteiger partial charge in [0.15, 0.2) is 17.2 Å². The van der Waals surface area contributed by atoms with Gasteiger partial charge in [0.25, 0.3) is 0 Å². The Kier molecular flexibility index (Phi) is 5.92. The first-order valence-corrected chi connectivity index (χ1v) is 13.1. The Bertz CT molecular complexity index is 1170. The smallest absolute Gasteiger partial charge is 0.375 e. The lowest BCUT2D eigenvalue weighted by Gasteiger charge is -2.64. The van der Waals surface area contributed by atoms with Gasteiger partial charge < -0.3 is 19.4 Å². The van der Waals surface area contributed by atoms with Crippen LogP contribution in [0.2, 0.25) is 0 Å². The molecule has 4 aliphatic carbocycles.